The number of aromatic nitrogens is 1. The van der Waals surface area contributed by atoms with Crippen LogP contribution in [0.3, 0.4) is 0 Å². The highest BCUT2D eigenvalue weighted by atomic mass is 16.5. The molecule has 3 aromatic rings. The maximum atomic E-state index is 5.87. The maximum absolute atomic E-state index is 5.87. The van der Waals surface area contributed by atoms with Gasteiger partial charge in [0.1, 0.15) is 23.9 Å². The third-order valence-corrected chi connectivity index (χ3v) is 3.24. The number of nitrogens with one attached hydrogen (secondary N) is 1. The lowest BCUT2D eigenvalue weighted by atomic mass is 10.2. The average Bonchev–Trinajstić information content (AvgIpc) is 2.99. The summed E-state index contributed by atoms with van der Waals surface area (Å²) in [5.41, 5.74) is 0.933. The van der Waals surface area contributed by atoms with E-state index < -0.39 is 0 Å². The largest absolute Gasteiger partial charge is 0.485 e. The molecule has 0 aliphatic heterocycles. The Kier molecular flexibility index (Phi) is 4.17. The van der Waals surface area contributed by atoms with Gasteiger partial charge in [-0.25, -0.2) is 0 Å². The van der Waals surface area contributed by atoms with E-state index in [1.807, 2.05) is 42.5 Å². The molecular formula is C17H18N2O2. The predicted molar refractivity (Wildman–Crippen MR) is 82.2 cm³/mol. The summed E-state index contributed by atoms with van der Waals surface area (Å²) < 4.78 is 11.6. The highest BCUT2D eigenvalue weighted by Crippen LogP contribution is 2.24. The third-order valence-electron chi connectivity index (χ3n) is 3.24. The van der Waals surface area contributed by atoms with Gasteiger partial charge in [0, 0.05) is 11.6 Å². The van der Waals surface area contributed by atoms with Crippen molar-refractivity contribution < 1.29 is 9.15 Å². The van der Waals surface area contributed by atoms with E-state index in [4.69, 9.17) is 9.15 Å². The molecule has 0 atom stereocenters. The van der Waals surface area contributed by atoms with Crippen molar-refractivity contribution in [2.24, 2.45) is 0 Å². The van der Waals surface area contributed by atoms with E-state index in [-0.39, 0.29) is 0 Å². The van der Waals surface area contributed by atoms with Crippen LogP contribution in [0.4, 0.5) is 0 Å². The van der Waals surface area contributed by atoms with Crippen molar-refractivity contribution in [3.63, 3.8) is 0 Å². The zero-order chi connectivity index (χ0) is 14.5. The maximum Gasteiger partial charge on any atom is 0.146 e. The molecule has 1 N–H and O–H groups in total. The van der Waals surface area contributed by atoms with Crippen molar-refractivity contribution in [1.29, 1.82) is 0 Å². The molecule has 1 aromatic carbocycles. The normalized spacial score (nSPS) is 10.9. The van der Waals surface area contributed by atoms with Crippen molar-refractivity contribution in [2.45, 2.75) is 20.1 Å². The Morgan fingerprint density at radius 1 is 1.10 bits per heavy atom. The van der Waals surface area contributed by atoms with Gasteiger partial charge in [-0.15, -0.1) is 0 Å². The molecule has 0 aliphatic rings. The monoisotopic (exact) mass is 282 g/mol. The molecule has 0 fully saturated rings. The van der Waals surface area contributed by atoms with Gasteiger partial charge in [0.05, 0.1) is 12.1 Å². The smallest absolute Gasteiger partial charge is 0.146 e. The zero-order valence-corrected chi connectivity index (χ0v) is 12.0. The predicted octanol–water partition coefficient (Wildman–Crippen LogP) is 3.52. The molecule has 0 radical (unpaired) electrons. The van der Waals surface area contributed by atoms with E-state index >= 15 is 0 Å². The lowest BCUT2D eigenvalue weighted by molar-refractivity contribution is 0.268. The summed E-state index contributed by atoms with van der Waals surface area (Å²) in [4.78, 5) is 4.32. The van der Waals surface area contributed by atoms with Crippen LogP contribution < -0.4 is 10.1 Å². The summed E-state index contributed by atoms with van der Waals surface area (Å²) in [6.07, 6.45) is 1.78. The molecule has 0 unspecified atom stereocenters. The number of pyridine rings is 1. The second-order valence-corrected chi connectivity index (χ2v) is 4.76. The first-order valence-electron chi connectivity index (χ1n) is 7.11. The Morgan fingerprint density at radius 3 is 2.90 bits per heavy atom. The standard InChI is InChI=1S/C17H18N2O2/c1-2-18-11-13-8-9-14(21-13)12-20-17-7-3-6-16-15(17)5-4-10-19-16/h3-10,18H,2,11-12H2,1H3. The summed E-state index contributed by atoms with van der Waals surface area (Å²) in [5.74, 6) is 2.57. The number of fused-ring (bicyclic) bond motifs is 1. The second-order valence-electron chi connectivity index (χ2n) is 4.76. The topological polar surface area (TPSA) is 47.3 Å². The highest BCUT2D eigenvalue weighted by molar-refractivity contribution is 5.84. The lowest BCUT2D eigenvalue weighted by Gasteiger charge is -2.07. The van der Waals surface area contributed by atoms with Crippen LogP contribution in [0.5, 0.6) is 5.75 Å². The first kappa shape index (κ1) is 13.6. The minimum atomic E-state index is 0.417. The molecule has 3 rings (SSSR count). The number of hydrogen-bond acceptors (Lipinski definition) is 4. The first-order valence-corrected chi connectivity index (χ1v) is 7.11. The quantitative estimate of drug-likeness (QED) is 0.751. The Bertz CT molecular complexity index is 716. The van der Waals surface area contributed by atoms with E-state index in [2.05, 4.69) is 17.2 Å². The molecule has 0 saturated heterocycles. The molecule has 0 saturated carbocycles. The number of ether oxygens (including phenoxy) is 1. The summed E-state index contributed by atoms with van der Waals surface area (Å²) in [5, 5.41) is 4.25. The van der Waals surface area contributed by atoms with Crippen molar-refractivity contribution in [3.05, 3.63) is 60.2 Å². The van der Waals surface area contributed by atoms with Gasteiger partial charge in [0.15, 0.2) is 0 Å². The van der Waals surface area contributed by atoms with Crippen LogP contribution >= 0.6 is 0 Å². The van der Waals surface area contributed by atoms with E-state index in [1.54, 1.807) is 6.20 Å². The number of hydrogen-bond donors (Lipinski definition) is 1. The van der Waals surface area contributed by atoms with Crippen LogP contribution in [0.15, 0.2) is 53.1 Å². The Hall–Kier alpha value is -2.33. The number of benzene rings is 1. The molecule has 108 valence electrons. The fourth-order valence-electron chi connectivity index (χ4n) is 2.19. The summed E-state index contributed by atoms with van der Waals surface area (Å²) in [6, 6.07) is 13.7. The summed E-state index contributed by atoms with van der Waals surface area (Å²) in [6.45, 7) is 4.16. The SMILES string of the molecule is CCNCc1ccc(COc2cccc3ncccc23)o1. The van der Waals surface area contributed by atoms with Crippen LogP contribution in [0, 0.1) is 0 Å². The van der Waals surface area contributed by atoms with Crippen LogP contribution in [0.25, 0.3) is 10.9 Å². The summed E-state index contributed by atoms with van der Waals surface area (Å²) in [7, 11) is 0. The molecule has 4 nitrogen and oxygen atoms in total. The van der Waals surface area contributed by atoms with Crippen LogP contribution in [-0.2, 0) is 13.2 Å². The van der Waals surface area contributed by atoms with Crippen molar-refractivity contribution >= 4 is 10.9 Å². The molecular weight excluding hydrogens is 264 g/mol. The fourth-order valence-corrected chi connectivity index (χ4v) is 2.19. The fraction of sp³-hybridized carbons (Fsp3) is 0.235. The van der Waals surface area contributed by atoms with Crippen molar-refractivity contribution in [1.82, 2.24) is 10.3 Å². The lowest BCUT2D eigenvalue weighted by Crippen LogP contribution is -2.10. The van der Waals surface area contributed by atoms with E-state index in [0.29, 0.717) is 6.61 Å². The Morgan fingerprint density at radius 2 is 2.00 bits per heavy atom. The molecule has 21 heavy (non-hydrogen) atoms. The third kappa shape index (κ3) is 3.23. The first-order chi connectivity index (χ1) is 10.4. The Balaban J connectivity index is 1.70. The zero-order valence-electron chi connectivity index (χ0n) is 12.0. The number of nitrogens with zero attached hydrogens (tertiary/aromatic N) is 1. The average molecular weight is 282 g/mol. The molecule has 0 bridgehead atoms. The summed E-state index contributed by atoms with van der Waals surface area (Å²) >= 11 is 0. The Labute approximate surface area is 123 Å². The van der Waals surface area contributed by atoms with Gasteiger partial charge in [-0.2, -0.15) is 0 Å². The molecule has 0 amide bonds. The number of rotatable bonds is 6. The highest BCUT2D eigenvalue weighted by Gasteiger charge is 2.05. The van der Waals surface area contributed by atoms with Gasteiger partial charge in [-0.3, -0.25) is 4.98 Å². The molecule has 2 aromatic heterocycles. The van der Waals surface area contributed by atoms with Crippen molar-refractivity contribution in [2.75, 3.05) is 6.54 Å². The van der Waals surface area contributed by atoms with Gasteiger partial charge in [-0.05, 0) is 42.9 Å². The van der Waals surface area contributed by atoms with Gasteiger partial charge in [0.2, 0.25) is 0 Å². The van der Waals surface area contributed by atoms with Gasteiger partial charge in [-0.1, -0.05) is 13.0 Å². The van der Waals surface area contributed by atoms with E-state index in [0.717, 1.165) is 41.3 Å². The van der Waals surface area contributed by atoms with E-state index in [1.165, 1.54) is 0 Å². The van der Waals surface area contributed by atoms with Crippen molar-refractivity contribution in [3.8, 4) is 5.75 Å². The van der Waals surface area contributed by atoms with Crippen LogP contribution in [0.2, 0.25) is 0 Å². The second kappa shape index (κ2) is 6.41. The molecule has 4 heteroatoms. The minimum Gasteiger partial charge on any atom is -0.485 e. The minimum absolute atomic E-state index is 0.417. The number of furan rings is 1. The molecule has 2 heterocycles. The molecule has 0 aliphatic carbocycles. The van der Waals surface area contributed by atoms with Gasteiger partial charge >= 0.3 is 0 Å². The van der Waals surface area contributed by atoms with E-state index in [9.17, 15) is 0 Å². The van der Waals surface area contributed by atoms with Crippen LogP contribution in [-0.4, -0.2) is 11.5 Å². The van der Waals surface area contributed by atoms with Gasteiger partial charge < -0.3 is 14.5 Å². The van der Waals surface area contributed by atoms with Gasteiger partial charge in [0.25, 0.3) is 0 Å². The van der Waals surface area contributed by atoms with Crippen LogP contribution in [0.1, 0.15) is 18.4 Å². The molecule has 0 spiro atoms.